The number of phenolic OH excluding ortho intramolecular Hbond substituents is 1. The Labute approximate surface area is 105 Å². The van der Waals surface area contributed by atoms with Crippen LogP contribution in [0.3, 0.4) is 0 Å². The summed E-state index contributed by atoms with van der Waals surface area (Å²) in [6.07, 6.45) is 0.249. The summed E-state index contributed by atoms with van der Waals surface area (Å²) in [4.78, 5) is 13.5. The summed E-state index contributed by atoms with van der Waals surface area (Å²) in [7, 11) is 1.60. The number of carbonyl (C=O) groups is 1. The molecule has 1 amide bonds. The van der Waals surface area contributed by atoms with Gasteiger partial charge in [0, 0.05) is 13.1 Å². The van der Waals surface area contributed by atoms with E-state index in [0.717, 1.165) is 0 Å². The molecule has 0 heterocycles. The first kappa shape index (κ1) is 13.3. The Morgan fingerprint density at radius 2 is 2.29 bits per heavy atom. The van der Waals surface area contributed by atoms with Gasteiger partial charge in [-0.05, 0) is 25.1 Å². The molecule has 1 aromatic carbocycles. The van der Waals surface area contributed by atoms with Crippen molar-refractivity contribution < 1.29 is 9.90 Å². The van der Waals surface area contributed by atoms with Crippen LogP contribution >= 0.6 is 11.6 Å². The molecule has 5 heteroatoms. The third kappa shape index (κ3) is 3.11. The molecule has 1 atom stereocenters. The number of carbonyl (C=O) groups excluding carboxylic acids is 1. The maximum atomic E-state index is 12.1. The largest absolute Gasteiger partial charge is 0.508 e. The minimum Gasteiger partial charge on any atom is -0.508 e. The number of nitriles is 1. The fraction of sp³-hybridized carbons (Fsp3) is 0.333. The number of hydrogen-bond acceptors (Lipinski definition) is 3. The summed E-state index contributed by atoms with van der Waals surface area (Å²) in [5.41, 5.74) is 0.235. The minimum atomic E-state index is -0.311. The summed E-state index contributed by atoms with van der Waals surface area (Å²) in [6, 6.07) is 6.00. The van der Waals surface area contributed by atoms with Crippen LogP contribution in [-0.4, -0.2) is 29.0 Å². The summed E-state index contributed by atoms with van der Waals surface area (Å²) in [5, 5.41) is 18.2. The monoisotopic (exact) mass is 252 g/mol. The van der Waals surface area contributed by atoms with E-state index in [2.05, 4.69) is 0 Å². The van der Waals surface area contributed by atoms with Crippen molar-refractivity contribution in [3.63, 3.8) is 0 Å². The average molecular weight is 253 g/mol. The first-order valence-electron chi connectivity index (χ1n) is 5.10. The number of halogens is 1. The van der Waals surface area contributed by atoms with Gasteiger partial charge in [0.1, 0.15) is 5.75 Å². The van der Waals surface area contributed by atoms with Gasteiger partial charge in [-0.3, -0.25) is 4.79 Å². The first-order valence-corrected chi connectivity index (χ1v) is 5.47. The Morgan fingerprint density at radius 3 is 2.88 bits per heavy atom. The van der Waals surface area contributed by atoms with Gasteiger partial charge in [0.2, 0.25) is 0 Å². The van der Waals surface area contributed by atoms with Gasteiger partial charge in [0.15, 0.2) is 0 Å². The van der Waals surface area contributed by atoms with Gasteiger partial charge in [-0.25, -0.2) is 0 Å². The molecule has 0 fully saturated rings. The zero-order valence-electron chi connectivity index (χ0n) is 9.64. The molecule has 0 saturated carbocycles. The predicted molar refractivity (Wildman–Crippen MR) is 64.9 cm³/mol. The van der Waals surface area contributed by atoms with Crippen molar-refractivity contribution >= 4 is 17.5 Å². The topological polar surface area (TPSA) is 64.3 Å². The molecule has 17 heavy (non-hydrogen) atoms. The maximum Gasteiger partial charge on any atom is 0.255 e. The summed E-state index contributed by atoms with van der Waals surface area (Å²) in [6.45, 7) is 1.78. The van der Waals surface area contributed by atoms with Crippen LogP contribution in [0.2, 0.25) is 5.02 Å². The first-order chi connectivity index (χ1) is 7.97. The van der Waals surface area contributed by atoms with Crippen LogP contribution < -0.4 is 0 Å². The Bertz CT molecular complexity index is 468. The molecule has 0 aliphatic carbocycles. The van der Waals surface area contributed by atoms with Crippen LogP contribution in [0.4, 0.5) is 0 Å². The van der Waals surface area contributed by atoms with Gasteiger partial charge < -0.3 is 10.0 Å². The van der Waals surface area contributed by atoms with E-state index in [1.165, 1.54) is 23.1 Å². The van der Waals surface area contributed by atoms with E-state index < -0.39 is 0 Å². The number of aromatic hydroxyl groups is 1. The molecule has 0 aliphatic heterocycles. The normalized spacial score (nSPS) is 11.6. The number of phenols is 1. The lowest BCUT2D eigenvalue weighted by molar-refractivity contribution is 0.0746. The van der Waals surface area contributed by atoms with Crippen LogP contribution in [0.5, 0.6) is 5.75 Å². The lowest BCUT2D eigenvalue weighted by atomic mass is 10.1. The summed E-state index contributed by atoms with van der Waals surface area (Å²) >= 11 is 5.89. The number of rotatable bonds is 3. The lowest BCUT2D eigenvalue weighted by Crippen LogP contribution is -2.34. The van der Waals surface area contributed by atoms with Crippen molar-refractivity contribution in [1.29, 1.82) is 5.26 Å². The lowest BCUT2D eigenvalue weighted by Gasteiger charge is -2.23. The molecule has 0 radical (unpaired) electrons. The molecular formula is C12H13ClN2O2. The minimum absolute atomic E-state index is 0.0147. The van der Waals surface area contributed by atoms with E-state index in [-0.39, 0.29) is 34.7 Å². The van der Waals surface area contributed by atoms with E-state index in [1.807, 2.05) is 6.07 Å². The highest BCUT2D eigenvalue weighted by molar-refractivity contribution is 6.33. The highest BCUT2D eigenvalue weighted by Gasteiger charge is 2.19. The third-order valence-electron chi connectivity index (χ3n) is 2.55. The number of benzene rings is 1. The van der Waals surface area contributed by atoms with Crippen molar-refractivity contribution in [2.45, 2.75) is 19.4 Å². The van der Waals surface area contributed by atoms with Gasteiger partial charge in [-0.1, -0.05) is 11.6 Å². The van der Waals surface area contributed by atoms with Crippen LogP contribution in [0.25, 0.3) is 0 Å². The summed E-state index contributed by atoms with van der Waals surface area (Å²) < 4.78 is 0. The molecule has 1 aromatic rings. The van der Waals surface area contributed by atoms with Gasteiger partial charge >= 0.3 is 0 Å². The van der Waals surface area contributed by atoms with Crippen LogP contribution in [0, 0.1) is 11.3 Å². The molecule has 1 rings (SSSR count). The van der Waals surface area contributed by atoms with E-state index in [4.69, 9.17) is 16.9 Å². The van der Waals surface area contributed by atoms with E-state index in [0.29, 0.717) is 0 Å². The molecule has 0 saturated heterocycles. The maximum absolute atomic E-state index is 12.1. The molecule has 0 spiro atoms. The van der Waals surface area contributed by atoms with E-state index >= 15 is 0 Å². The third-order valence-corrected chi connectivity index (χ3v) is 2.88. The Hall–Kier alpha value is -1.73. The van der Waals surface area contributed by atoms with Crippen LogP contribution in [0.1, 0.15) is 23.7 Å². The Morgan fingerprint density at radius 1 is 1.65 bits per heavy atom. The second-order valence-electron chi connectivity index (χ2n) is 3.79. The van der Waals surface area contributed by atoms with Crippen molar-refractivity contribution in [3.05, 3.63) is 28.8 Å². The van der Waals surface area contributed by atoms with Crippen molar-refractivity contribution in [1.82, 2.24) is 4.90 Å². The standard InChI is InChI=1S/C12H13ClN2O2/c1-8(5-6-14)15(2)12(17)10-7-9(16)3-4-11(10)13/h3-4,7-8,16H,5H2,1-2H3. The highest BCUT2D eigenvalue weighted by atomic mass is 35.5. The fourth-order valence-electron chi connectivity index (χ4n) is 1.34. The van der Waals surface area contributed by atoms with Gasteiger partial charge in [0.05, 0.1) is 23.1 Å². The highest BCUT2D eigenvalue weighted by Crippen LogP contribution is 2.23. The molecule has 1 N–H and O–H groups in total. The average Bonchev–Trinajstić information content (AvgIpc) is 2.30. The molecule has 4 nitrogen and oxygen atoms in total. The Balaban J connectivity index is 2.96. The number of amides is 1. The summed E-state index contributed by atoms with van der Waals surface area (Å²) in [5.74, 6) is -0.326. The van der Waals surface area contributed by atoms with Crippen LogP contribution in [-0.2, 0) is 0 Å². The van der Waals surface area contributed by atoms with E-state index in [1.54, 1.807) is 14.0 Å². The smallest absolute Gasteiger partial charge is 0.255 e. The Kier molecular flexibility index (Phi) is 4.36. The molecule has 0 aliphatic rings. The molecule has 0 aromatic heterocycles. The number of nitrogens with zero attached hydrogens (tertiary/aromatic N) is 2. The second-order valence-corrected chi connectivity index (χ2v) is 4.20. The predicted octanol–water partition coefficient (Wildman–Crippen LogP) is 2.42. The van der Waals surface area contributed by atoms with Gasteiger partial charge in [-0.15, -0.1) is 0 Å². The fourth-order valence-corrected chi connectivity index (χ4v) is 1.53. The zero-order valence-corrected chi connectivity index (χ0v) is 10.4. The van der Waals surface area contributed by atoms with Crippen molar-refractivity contribution in [2.24, 2.45) is 0 Å². The number of hydrogen-bond donors (Lipinski definition) is 1. The van der Waals surface area contributed by atoms with Crippen LogP contribution in [0.15, 0.2) is 18.2 Å². The molecule has 90 valence electrons. The second kappa shape index (κ2) is 5.55. The van der Waals surface area contributed by atoms with Gasteiger partial charge in [-0.2, -0.15) is 5.26 Å². The van der Waals surface area contributed by atoms with Gasteiger partial charge in [0.25, 0.3) is 5.91 Å². The van der Waals surface area contributed by atoms with Crippen molar-refractivity contribution in [3.8, 4) is 11.8 Å². The molecule has 0 bridgehead atoms. The molecule has 1 unspecified atom stereocenters. The van der Waals surface area contributed by atoms with Crippen molar-refractivity contribution in [2.75, 3.05) is 7.05 Å². The zero-order chi connectivity index (χ0) is 13.0. The SMILES string of the molecule is CC(CC#N)N(C)C(=O)c1cc(O)ccc1Cl. The quantitative estimate of drug-likeness (QED) is 0.899. The molecular weight excluding hydrogens is 240 g/mol. The van der Waals surface area contributed by atoms with E-state index in [9.17, 15) is 9.90 Å².